The van der Waals surface area contributed by atoms with Crippen LogP contribution in [0.4, 0.5) is 0 Å². The maximum Gasteiger partial charge on any atom is 0.184 e. The van der Waals surface area contributed by atoms with Gasteiger partial charge in [-0.3, -0.25) is 4.79 Å². The molecule has 0 bridgehead atoms. The van der Waals surface area contributed by atoms with E-state index >= 15 is 0 Å². The quantitative estimate of drug-likeness (QED) is 0.743. The summed E-state index contributed by atoms with van der Waals surface area (Å²) in [5.74, 6) is 0.907. The second-order valence-electron chi connectivity index (χ2n) is 3.86. The molecule has 0 saturated heterocycles. The minimum absolute atomic E-state index is 0.0118. The molecule has 1 aromatic rings. The van der Waals surface area contributed by atoms with Crippen LogP contribution >= 0.6 is 0 Å². The number of methoxy groups -OCH3 is 1. The number of nitrogens with two attached hydrogens (primary N) is 1. The number of hydrogen-bond donors (Lipinski definition) is 1. The van der Waals surface area contributed by atoms with Gasteiger partial charge in [0.25, 0.3) is 0 Å². The number of aromatic nitrogens is 1. The van der Waals surface area contributed by atoms with Crippen LogP contribution in [0.25, 0.3) is 0 Å². The lowest BCUT2D eigenvalue weighted by molar-refractivity contribution is 0.0967. The van der Waals surface area contributed by atoms with Crippen molar-refractivity contribution >= 4 is 5.78 Å². The number of pyridine rings is 1. The number of rotatable bonds is 6. The van der Waals surface area contributed by atoms with E-state index in [0.717, 1.165) is 6.42 Å². The molecule has 1 heterocycles. The van der Waals surface area contributed by atoms with Crippen LogP contribution in [0.2, 0.25) is 0 Å². The van der Waals surface area contributed by atoms with E-state index in [0.29, 0.717) is 30.3 Å². The molecule has 0 saturated carbocycles. The van der Waals surface area contributed by atoms with Gasteiger partial charge in [-0.1, -0.05) is 6.92 Å². The van der Waals surface area contributed by atoms with Gasteiger partial charge in [-0.2, -0.15) is 0 Å². The van der Waals surface area contributed by atoms with Crippen molar-refractivity contribution < 1.29 is 9.53 Å². The Labute approximate surface area is 95.8 Å². The van der Waals surface area contributed by atoms with Crippen molar-refractivity contribution in [2.45, 2.75) is 19.8 Å². The number of carbonyl (C=O) groups is 1. The highest BCUT2D eigenvalue weighted by atomic mass is 16.5. The van der Waals surface area contributed by atoms with Gasteiger partial charge < -0.3 is 10.5 Å². The van der Waals surface area contributed by atoms with Crippen molar-refractivity contribution in [2.24, 2.45) is 11.7 Å². The molecule has 1 unspecified atom stereocenters. The Kier molecular flexibility index (Phi) is 4.92. The molecule has 0 aliphatic heterocycles. The molecule has 0 amide bonds. The molecule has 16 heavy (non-hydrogen) atoms. The van der Waals surface area contributed by atoms with Gasteiger partial charge in [-0.15, -0.1) is 0 Å². The first-order valence-corrected chi connectivity index (χ1v) is 5.41. The number of carbonyl (C=O) groups excluding carboxylic acids is 1. The molecule has 4 heteroatoms. The van der Waals surface area contributed by atoms with E-state index in [1.54, 1.807) is 18.3 Å². The van der Waals surface area contributed by atoms with Gasteiger partial charge in [0.15, 0.2) is 5.78 Å². The molecule has 1 rings (SSSR count). The summed E-state index contributed by atoms with van der Waals surface area (Å²) in [5.41, 5.74) is 5.91. The van der Waals surface area contributed by atoms with Crippen LogP contribution in [0, 0.1) is 5.92 Å². The first kappa shape index (κ1) is 12.6. The van der Waals surface area contributed by atoms with Crippen LogP contribution in [-0.4, -0.2) is 24.4 Å². The van der Waals surface area contributed by atoms with Gasteiger partial charge in [-0.05, 0) is 31.0 Å². The molecule has 0 aliphatic carbocycles. The van der Waals surface area contributed by atoms with Crippen LogP contribution in [0.1, 0.15) is 30.3 Å². The summed E-state index contributed by atoms with van der Waals surface area (Å²) in [5, 5.41) is 0. The average molecular weight is 222 g/mol. The first-order chi connectivity index (χ1) is 7.69. The summed E-state index contributed by atoms with van der Waals surface area (Å²) in [7, 11) is 1.54. The van der Waals surface area contributed by atoms with Crippen LogP contribution in [-0.2, 0) is 0 Å². The fourth-order valence-corrected chi connectivity index (χ4v) is 1.38. The van der Waals surface area contributed by atoms with E-state index in [1.807, 2.05) is 6.92 Å². The number of ketones is 1. The minimum Gasteiger partial charge on any atom is -0.494 e. The van der Waals surface area contributed by atoms with E-state index in [9.17, 15) is 4.79 Å². The molecule has 0 aliphatic rings. The Hall–Kier alpha value is -1.42. The van der Waals surface area contributed by atoms with Crippen molar-refractivity contribution in [1.29, 1.82) is 0 Å². The molecule has 88 valence electrons. The van der Waals surface area contributed by atoms with Crippen LogP contribution in [0.15, 0.2) is 18.3 Å². The zero-order chi connectivity index (χ0) is 12.0. The first-order valence-electron chi connectivity index (χ1n) is 5.41. The maximum absolute atomic E-state index is 11.9. The van der Waals surface area contributed by atoms with Crippen molar-refractivity contribution in [3.05, 3.63) is 24.0 Å². The summed E-state index contributed by atoms with van der Waals surface area (Å²) >= 11 is 0. The Bertz CT molecular complexity index is 353. The van der Waals surface area contributed by atoms with E-state index < -0.39 is 0 Å². The monoisotopic (exact) mass is 222 g/mol. The minimum atomic E-state index is 0.0118. The van der Waals surface area contributed by atoms with Gasteiger partial charge in [0.2, 0.25) is 0 Å². The van der Waals surface area contributed by atoms with Gasteiger partial charge in [-0.25, -0.2) is 4.98 Å². The van der Waals surface area contributed by atoms with Gasteiger partial charge in [0.1, 0.15) is 11.4 Å². The molecule has 0 fully saturated rings. The Morgan fingerprint density at radius 1 is 1.62 bits per heavy atom. The van der Waals surface area contributed by atoms with Crippen LogP contribution in [0.5, 0.6) is 5.75 Å². The SMILES string of the molecule is COc1cccnc1C(=O)CCC(C)CN. The summed E-state index contributed by atoms with van der Waals surface area (Å²) < 4.78 is 5.09. The highest BCUT2D eigenvalue weighted by Crippen LogP contribution is 2.18. The molecule has 0 aromatic carbocycles. The van der Waals surface area contributed by atoms with Crippen molar-refractivity contribution in [3.63, 3.8) is 0 Å². The number of nitrogens with zero attached hydrogens (tertiary/aromatic N) is 1. The van der Waals surface area contributed by atoms with E-state index in [1.165, 1.54) is 7.11 Å². The fourth-order valence-electron chi connectivity index (χ4n) is 1.38. The van der Waals surface area contributed by atoms with Gasteiger partial charge in [0.05, 0.1) is 7.11 Å². The molecular weight excluding hydrogens is 204 g/mol. The summed E-state index contributed by atoms with van der Waals surface area (Å²) in [6, 6.07) is 3.49. The highest BCUT2D eigenvalue weighted by molar-refractivity contribution is 5.96. The molecular formula is C12H18N2O2. The lowest BCUT2D eigenvalue weighted by Crippen LogP contribution is -2.13. The van der Waals surface area contributed by atoms with E-state index in [2.05, 4.69) is 4.98 Å². The number of Topliss-reactive ketones (excluding diaryl/α,β-unsaturated/α-hetero) is 1. The molecule has 2 N–H and O–H groups in total. The Morgan fingerprint density at radius 2 is 2.38 bits per heavy atom. The molecule has 0 spiro atoms. The zero-order valence-corrected chi connectivity index (χ0v) is 9.77. The Balaban J connectivity index is 2.65. The van der Waals surface area contributed by atoms with Crippen LogP contribution in [0.3, 0.4) is 0 Å². The van der Waals surface area contributed by atoms with Gasteiger partial charge in [0, 0.05) is 12.6 Å². The summed E-state index contributed by atoms with van der Waals surface area (Å²) in [6.07, 6.45) is 2.85. The standard InChI is InChI=1S/C12H18N2O2/c1-9(8-13)5-6-10(15)12-11(16-2)4-3-7-14-12/h3-4,7,9H,5-6,8,13H2,1-2H3. The normalized spacial score (nSPS) is 12.2. The van der Waals surface area contributed by atoms with E-state index in [4.69, 9.17) is 10.5 Å². The van der Waals surface area contributed by atoms with Crippen molar-refractivity contribution in [3.8, 4) is 5.75 Å². The molecule has 0 radical (unpaired) electrons. The van der Waals surface area contributed by atoms with Gasteiger partial charge >= 0.3 is 0 Å². The average Bonchev–Trinajstić information content (AvgIpc) is 2.35. The zero-order valence-electron chi connectivity index (χ0n) is 9.77. The number of ether oxygens (including phenoxy) is 1. The van der Waals surface area contributed by atoms with Crippen molar-refractivity contribution in [1.82, 2.24) is 4.98 Å². The second kappa shape index (κ2) is 6.23. The highest BCUT2D eigenvalue weighted by Gasteiger charge is 2.14. The molecule has 1 atom stereocenters. The third-order valence-corrected chi connectivity index (χ3v) is 2.52. The van der Waals surface area contributed by atoms with E-state index in [-0.39, 0.29) is 5.78 Å². The number of hydrogen-bond acceptors (Lipinski definition) is 4. The fraction of sp³-hybridized carbons (Fsp3) is 0.500. The predicted molar refractivity (Wildman–Crippen MR) is 62.6 cm³/mol. The summed E-state index contributed by atoms with van der Waals surface area (Å²) in [6.45, 7) is 2.63. The largest absolute Gasteiger partial charge is 0.494 e. The maximum atomic E-state index is 11.9. The molecule has 1 aromatic heterocycles. The Morgan fingerprint density at radius 3 is 3.00 bits per heavy atom. The smallest absolute Gasteiger partial charge is 0.184 e. The topological polar surface area (TPSA) is 65.2 Å². The lowest BCUT2D eigenvalue weighted by atomic mass is 10.0. The second-order valence-corrected chi connectivity index (χ2v) is 3.86. The third kappa shape index (κ3) is 3.31. The summed E-state index contributed by atoms with van der Waals surface area (Å²) in [4.78, 5) is 15.9. The third-order valence-electron chi connectivity index (χ3n) is 2.52. The lowest BCUT2D eigenvalue weighted by Gasteiger charge is -2.08. The predicted octanol–water partition coefficient (Wildman–Crippen LogP) is 1.65. The molecule has 4 nitrogen and oxygen atoms in total. The van der Waals surface area contributed by atoms with Crippen molar-refractivity contribution in [2.75, 3.05) is 13.7 Å². The van der Waals surface area contributed by atoms with Crippen LogP contribution < -0.4 is 10.5 Å².